The monoisotopic (exact) mass is 415 g/mol. The van der Waals surface area contributed by atoms with E-state index in [2.05, 4.69) is 20.7 Å². The molecule has 1 heterocycles. The third-order valence-electron chi connectivity index (χ3n) is 3.78. The lowest BCUT2D eigenvalue weighted by Gasteiger charge is -2.06. The van der Waals surface area contributed by atoms with E-state index in [1.807, 2.05) is 41.9 Å². The summed E-state index contributed by atoms with van der Waals surface area (Å²) in [5.41, 5.74) is 4.42. The maximum Gasteiger partial charge on any atom is 0.197 e. The fourth-order valence-corrected chi connectivity index (χ4v) is 3.23. The topological polar surface area (TPSA) is 81.4 Å². The number of hydrogen-bond donors (Lipinski definition) is 1. The minimum absolute atomic E-state index is 0.187. The lowest BCUT2D eigenvalue weighted by Crippen LogP contribution is -2.09. The van der Waals surface area contributed by atoms with Gasteiger partial charge < -0.3 is 9.30 Å². The van der Waals surface area contributed by atoms with Crippen LogP contribution in [-0.4, -0.2) is 32.7 Å². The number of aromatic nitrogens is 3. The third kappa shape index (κ3) is 4.71. The van der Waals surface area contributed by atoms with Crippen molar-refractivity contribution in [2.24, 2.45) is 12.1 Å². The van der Waals surface area contributed by atoms with Crippen LogP contribution < -0.4 is 10.2 Å². The first kappa shape index (κ1) is 19.9. The summed E-state index contributed by atoms with van der Waals surface area (Å²) in [6, 6.07) is 14.6. The fraction of sp³-hybridized carbons (Fsp3) is 0.158. The zero-order valence-electron chi connectivity index (χ0n) is 15.5. The van der Waals surface area contributed by atoms with E-state index < -0.39 is 0 Å². The van der Waals surface area contributed by atoms with Crippen molar-refractivity contribution in [2.75, 3.05) is 12.5 Å². The van der Waals surface area contributed by atoms with Gasteiger partial charge in [-0.2, -0.15) is 5.10 Å². The SMILES string of the molecule is COc1ccc(-c2nnc(SC(=NNc3cccc(Cl)c3)C(C)=O)n2C)cc1. The van der Waals surface area contributed by atoms with Gasteiger partial charge in [-0.25, -0.2) is 0 Å². The summed E-state index contributed by atoms with van der Waals surface area (Å²) in [4.78, 5) is 12.0. The molecule has 0 aliphatic heterocycles. The predicted octanol–water partition coefficient (Wildman–Crippen LogP) is 4.25. The highest BCUT2D eigenvalue weighted by molar-refractivity contribution is 8.15. The van der Waals surface area contributed by atoms with Crippen molar-refractivity contribution in [2.45, 2.75) is 12.1 Å². The zero-order chi connectivity index (χ0) is 20.1. The van der Waals surface area contributed by atoms with E-state index in [0.717, 1.165) is 23.1 Å². The van der Waals surface area contributed by atoms with E-state index >= 15 is 0 Å². The van der Waals surface area contributed by atoms with Crippen LogP contribution in [-0.2, 0) is 11.8 Å². The largest absolute Gasteiger partial charge is 0.497 e. The number of halogens is 1. The number of thioether (sulfide) groups is 1. The first-order valence-electron chi connectivity index (χ1n) is 8.30. The molecular weight excluding hydrogens is 398 g/mol. The Morgan fingerprint density at radius 3 is 2.61 bits per heavy atom. The van der Waals surface area contributed by atoms with Gasteiger partial charge in [-0.15, -0.1) is 10.2 Å². The molecule has 3 aromatic rings. The molecule has 0 atom stereocenters. The van der Waals surface area contributed by atoms with Crippen molar-refractivity contribution in [3.63, 3.8) is 0 Å². The van der Waals surface area contributed by atoms with Crippen molar-refractivity contribution in [3.8, 4) is 17.1 Å². The van der Waals surface area contributed by atoms with Crippen LogP contribution in [0, 0.1) is 0 Å². The normalized spacial score (nSPS) is 11.4. The van der Waals surface area contributed by atoms with Crippen LogP contribution >= 0.6 is 23.4 Å². The average molecular weight is 416 g/mol. The van der Waals surface area contributed by atoms with E-state index in [-0.39, 0.29) is 10.8 Å². The second-order valence-corrected chi connectivity index (χ2v) is 7.18. The van der Waals surface area contributed by atoms with Crippen LogP contribution in [0.15, 0.2) is 58.8 Å². The molecule has 2 aromatic carbocycles. The van der Waals surface area contributed by atoms with Gasteiger partial charge in [-0.3, -0.25) is 10.2 Å². The van der Waals surface area contributed by atoms with Crippen molar-refractivity contribution in [3.05, 3.63) is 53.6 Å². The average Bonchev–Trinajstić information content (AvgIpc) is 3.05. The quantitative estimate of drug-likeness (QED) is 0.280. The molecule has 0 spiro atoms. The number of Topliss-reactive ketones (excluding diaryl/α,β-unsaturated/α-hetero) is 1. The lowest BCUT2D eigenvalue weighted by atomic mass is 10.2. The summed E-state index contributed by atoms with van der Waals surface area (Å²) in [6.07, 6.45) is 0. The molecule has 0 saturated heterocycles. The van der Waals surface area contributed by atoms with Gasteiger partial charge in [0, 0.05) is 24.6 Å². The zero-order valence-corrected chi connectivity index (χ0v) is 17.1. The summed E-state index contributed by atoms with van der Waals surface area (Å²) >= 11 is 7.10. The van der Waals surface area contributed by atoms with E-state index in [1.165, 1.54) is 6.92 Å². The van der Waals surface area contributed by atoms with Crippen LogP contribution in [0.1, 0.15) is 6.92 Å². The van der Waals surface area contributed by atoms with Gasteiger partial charge in [0.25, 0.3) is 0 Å². The molecule has 0 amide bonds. The van der Waals surface area contributed by atoms with Crippen molar-refractivity contribution in [1.82, 2.24) is 14.8 Å². The second-order valence-electron chi connectivity index (χ2n) is 5.79. The molecule has 0 unspecified atom stereocenters. The van der Waals surface area contributed by atoms with Gasteiger partial charge >= 0.3 is 0 Å². The molecule has 0 saturated carbocycles. The van der Waals surface area contributed by atoms with Gasteiger partial charge in [0.15, 0.2) is 21.8 Å². The fourth-order valence-electron chi connectivity index (χ4n) is 2.33. The van der Waals surface area contributed by atoms with E-state index in [4.69, 9.17) is 16.3 Å². The number of carbonyl (C=O) groups is 1. The first-order chi connectivity index (χ1) is 13.5. The Balaban J connectivity index is 1.81. The van der Waals surface area contributed by atoms with Crippen LogP contribution in [0.5, 0.6) is 5.75 Å². The maximum atomic E-state index is 12.0. The first-order valence-corrected chi connectivity index (χ1v) is 9.49. The number of ketones is 1. The smallest absolute Gasteiger partial charge is 0.197 e. The van der Waals surface area contributed by atoms with E-state index in [9.17, 15) is 4.79 Å². The van der Waals surface area contributed by atoms with Crippen LogP contribution in [0.2, 0.25) is 5.02 Å². The number of nitrogens with one attached hydrogen (secondary N) is 1. The highest BCUT2D eigenvalue weighted by atomic mass is 35.5. The summed E-state index contributed by atoms with van der Waals surface area (Å²) in [6.45, 7) is 1.45. The molecule has 0 radical (unpaired) electrons. The number of nitrogens with zero attached hydrogens (tertiary/aromatic N) is 4. The third-order valence-corrected chi connectivity index (χ3v) is 5.13. The molecule has 1 N–H and O–H groups in total. The Kier molecular flexibility index (Phi) is 6.33. The Morgan fingerprint density at radius 1 is 1.21 bits per heavy atom. The van der Waals surface area contributed by atoms with Gasteiger partial charge in [0.2, 0.25) is 0 Å². The molecular formula is C19H18ClN5O2S. The molecule has 9 heteroatoms. The van der Waals surface area contributed by atoms with E-state index in [0.29, 0.717) is 21.7 Å². The second kappa shape index (κ2) is 8.90. The highest BCUT2D eigenvalue weighted by Crippen LogP contribution is 2.25. The summed E-state index contributed by atoms with van der Waals surface area (Å²) in [7, 11) is 3.45. The minimum atomic E-state index is -0.187. The number of rotatable bonds is 6. The van der Waals surface area contributed by atoms with E-state index in [1.54, 1.807) is 25.3 Å². The predicted molar refractivity (Wildman–Crippen MR) is 112 cm³/mol. The van der Waals surface area contributed by atoms with Gasteiger partial charge in [0.1, 0.15) is 5.75 Å². The number of carbonyl (C=O) groups excluding carboxylic acids is 1. The lowest BCUT2D eigenvalue weighted by molar-refractivity contribution is -0.110. The van der Waals surface area contributed by atoms with Crippen LogP contribution in [0.4, 0.5) is 5.69 Å². The number of hydrazone groups is 1. The number of ether oxygens (including phenoxy) is 1. The Labute approximate surface area is 171 Å². The molecule has 0 bridgehead atoms. The summed E-state index contributed by atoms with van der Waals surface area (Å²) in [5.74, 6) is 1.25. The van der Waals surface area contributed by atoms with Crippen LogP contribution in [0.25, 0.3) is 11.4 Å². The summed E-state index contributed by atoms with van der Waals surface area (Å²) in [5, 5.41) is 14.0. The van der Waals surface area contributed by atoms with Gasteiger partial charge in [-0.1, -0.05) is 17.7 Å². The van der Waals surface area contributed by atoms with Gasteiger partial charge in [-0.05, 0) is 54.2 Å². The molecule has 0 aliphatic carbocycles. The summed E-state index contributed by atoms with van der Waals surface area (Å²) < 4.78 is 6.98. The molecule has 144 valence electrons. The number of benzene rings is 2. The molecule has 0 fully saturated rings. The van der Waals surface area contributed by atoms with Crippen molar-refractivity contribution < 1.29 is 9.53 Å². The Bertz CT molecular complexity index is 1020. The molecule has 28 heavy (non-hydrogen) atoms. The standard InChI is InChI=1S/C19H18ClN5O2S/c1-12(26)18(23-21-15-6-4-5-14(20)11-15)28-19-24-22-17(25(19)2)13-7-9-16(27-3)10-8-13/h4-11,21H,1-3H3. The number of anilines is 1. The minimum Gasteiger partial charge on any atom is -0.497 e. The Morgan fingerprint density at radius 2 is 1.96 bits per heavy atom. The highest BCUT2D eigenvalue weighted by Gasteiger charge is 2.16. The number of hydrogen-bond acceptors (Lipinski definition) is 7. The van der Waals surface area contributed by atoms with Crippen LogP contribution in [0.3, 0.4) is 0 Å². The molecule has 1 aromatic heterocycles. The maximum absolute atomic E-state index is 12.0. The van der Waals surface area contributed by atoms with Crippen molar-refractivity contribution in [1.29, 1.82) is 0 Å². The molecule has 7 nitrogen and oxygen atoms in total. The molecule has 0 aliphatic rings. The van der Waals surface area contributed by atoms with Gasteiger partial charge in [0.05, 0.1) is 12.8 Å². The Hall–Kier alpha value is -2.84. The number of methoxy groups -OCH3 is 1. The van der Waals surface area contributed by atoms with Crippen molar-refractivity contribution >= 4 is 39.9 Å². The molecule has 3 rings (SSSR count).